The third-order valence-corrected chi connectivity index (χ3v) is 5.39. The lowest BCUT2D eigenvalue weighted by molar-refractivity contribution is -0.724. The number of hydrogen-bond acceptors (Lipinski definition) is 1. The van der Waals surface area contributed by atoms with Crippen molar-refractivity contribution in [3.63, 3.8) is 0 Å². The third kappa shape index (κ3) is 4.59. The topological polar surface area (TPSA) is 21.7 Å². The highest BCUT2D eigenvalue weighted by Gasteiger charge is 2.39. The van der Waals surface area contributed by atoms with E-state index in [1.807, 2.05) is 4.57 Å². The quantitative estimate of drug-likeness (QED) is 0.227. The number of fused-ring (bicyclic) bond motifs is 1. The average Bonchev–Trinajstić information content (AvgIpc) is 3.26. The summed E-state index contributed by atoms with van der Waals surface area (Å²) in [6, 6.07) is 0.172. The SMILES string of the molecule is FB(F)F.Fc1c(F)c(F)c(-n2c[n+]3c(n2)CC[C@@H]3C2CCCCC2)c(F)c1F.[F-]. The van der Waals surface area contributed by atoms with Gasteiger partial charge in [0.25, 0.3) is 5.82 Å². The Labute approximate surface area is 166 Å². The largest absolute Gasteiger partial charge is 1.00 e. The maximum atomic E-state index is 14.0. The van der Waals surface area contributed by atoms with Crippen LogP contribution >= 0.6 is 0 Å². The number of halogens is 9. The Bertz CT molecular complexity index is 852. The first-order chi connectivity index (χ1) is 13.7. The van der Waals surface area contributed by atoms with Crippen molar-refractivity contribution in [3.05, 3.63) is 41.2 Å². The van der Waals surface area contributed by atoms with E-state index >= 15 is 0 Å². The van der Waals surface area contributed by atoms with Gasteiger partial charge in [0.05, 0.1) is 6.04 Å². The van der Waals surface area contributed by atoms with E-state index in [0.717, 1.165) is 36.8 Å². The molecular weight excluding hydrogens is 428 g/mol. The summed E-state index contributed by atoms with van der Waals surface area (Å²) in [5.41, 5.74) is -1.03. The number of aromatic nitrogens is 3. The lowest BCUT2D eigenvalue weighted by Crippen LogP contribution is -3.00. The van der Waals surface area contributed by atoms with E-state index in [0.29, 0.717) is 18.2 Å². The van der Waals surface area contributed by atoms with Crippen LogP contribution in [0.3, 0.4) is 0 Å². The Kier molecular flexibility index (Phi) is 7.81. The fraction of sp³-hybridized carbons (Fsp3) is 0.529. The van der Waals surface area contributed by atoms with Crippen LogP contribution in [0.2, 0.25) is 0 Å². The summed E-state index contributed by atoms with van der Waals surface area (Å²) in [5, 5.41) is 4.08. The summed E-state index contributed by atoms with van der Waals surface area (Å²) in [4.78, 5) is 0. The molecule has 1 atom stereocenters. The van der Waals surface area contributed by atoms with Crippen molar-refractivity contribution in [2.24, 2.45) is 5.92 Å². The average molecular weight is 445 g/mol. The van der Waals surface area contributed by atoms with Crippen LogP contribution in [0.25, 0.3) is 5.69 Å². The number of benzene rings is 1. The zero-order valence-corrected chi connectivity index (χ0v) is 15.5. The Hall–Kier alpha value is -2.21. The van der Waals surface area contributed by atoms with Gasteiger partial charge in [-0.1, -0.05) is 23.9 Å². The van der Waals surface area contributed by atoms with Crippen molar-refractivity contribution in [1.82, 2.24) is 9.78 Å². The summed E-state index contributed by atoms with van der Waals surface area (Å²) in [5.74, 6) is -8.74. The van der Waals surface area contributed by atoms with Gasteiger partial charge in [0, 0.05) is 11.5 Å². The summed E-state index contributed by atoms with van der Waals surface area (Å²) < 4.78 is 99.8. The molecule has 30 heavy (non-hydrogen) atoms. The Morgan fingerprint density at radius 2 is 1.33 bits per heavy atom. The van der Waals surface area contributed by atoms with Gasteiger partial charge < -0.3 is 4.70 Å². The van der Waals surface area contributed by atoms with Crippen LogP contribution in [-0.2, 0) is 6.42 Å². The molecule has 0 unspecified atom stereocenters. The van der Waals surface area contributed by atoms with Gasteiger partial charge in [-0.05, 0) is 25.2 Å². The maximum Gasteiger partial charge on any atom is 0.762 e. The molecule has 0 N–H and O–H groups in total. The van der Waals surface area contributed by atoms with E-state index in [1.54, 1.807) is 0 Å². The standard InChI is InChI=1S/C17H17F5N3.BF3.FH/c18-12-13(19)15(21)17(16(22)14(12)20)25-8-24-10(6-7-11(24)23-25)9-4-2-1-3-5-9;2-1(3)4;/h8-10H,1-7H2;;1H/q+1;;/p-1/t10-;;/m1../s1. The highest BCUT2D eigenvalue weighted by molar-refractivity contribution is 6.33. The Morgan fingerprint density at radius 1 is 0.833 bits per heavy atom. The van der Waals surface area contributed by atoms with E-state index in [2.05, 4.69) is 5.10 Å². The van der Waals surface area contributed by atoms with Gasteiger partial charge in [0.2, 0.25) is 41.1 Å². The highest BCUT2D eigenvalue weighted by atomic mass is 19.4. The minimum atomic E-state index is -3.67. The van der Waals surface area contributed by atoms with E-state index < -0.39 is 42.3 Å². The molecule has 4 rings (SSSR count). The van der Waals surface area contributed by atoms with Crippen LogP contribution in [0.1, 0.15) is 50.4 Å². The first-order valence-corrected chi connectivity index (χ1v) is 9.16. The predicted molar refractivity (Wildman–Crippen MR) is 86.6 cm³/mol. The lowest BCUT2D eigenvalue weighted by atomic mass is 9.83. The summed E-state index contributed by atoms with van der Waals surface area (Å²) >= 11 is 0. The van der Waals surface area contributed by atoms with Crippen molar-refractivity contribution in [2.45, 2.75) is 51.0 Å². The summed E-state index contributed by atoms with van der Waals surface area (Å²) in [6.45, 7) is 0. The molecule has 1 saturated carbocycles. The third-order valence-electron chi connectivity index (χ3n) is 5.39. The second-order valence-electron chi connectivity index (χ2n) is 7.05. The van der Waals surface area contributed by atoms with Gasteiger partial charge in [-0.2, -0.15) is 8.78 Å². The predicted octanol–water partition coefficient (Wildman–Crippen LogP) is 1.81. The number of rotatable bonds is 2. The molecule has 13 heteroatoms. The molecular formula is C17H17BF9N3. The van der Waals surface area contributed by atoms with Crippen LogP contribution < -0.4 is 9.27 Å². The van der Waals surface area contributed by atoms with E-state index in [9.17, 15) is 34.9 Å². The van der Waals surface area contributed by atoms with Gasteiger partial charge in [0.15, 0.2) is 0 Å². The summed E-state index contributed by atoms with van der Waals surface area (Å²) in [6.07, 6.45) is 8.58. The zero-order chi connectivity index (χ0) is 21.3. The van der Waals surface area contributed by atoms with Crippen molar-refractivity contribution in [3.8, 4) is 5.69 Å². The highest BCUT2D eigenvalue weighted by Crippen LogP contribution is 2.35. The van der Waals surface area contributed by atoms with E-state index in [-0.39, 0.29) is 10.7 Å². The van der Waals surface area contributed by atoms with Crippen LogP contribution in [0, 0.1) is 35.0 Å². The van der Waals surface area contributed by atoms with Crippen LogP contribution in [0.4, 0.5) is 34.9 Å². The molecule has 166 valence electrons. The minimum absolute atomic E-state index is 0. The number of aryl methyl sites for hydroxylation is 1. The molecule has 1 aliphatic carbocycles. The number of nitrogens with zero attached hydrogens (tertiary/aromatic N) is 3. The number of hydrogen-bond donors (Lipinski definition) is 0. The van der Waals surface area contributed by atoms with Crippen LogP contribution in [0.15, 0.2) is 6.33 Å². The molecule has 0 bridgehead atoms. The summed E-state index contributed by atoms with van der Waals surface area (Å²) in [7, 11) is -3.67. The molecule has 0 amide bonds. The molecule has 0 radical (unpaired) electrons. The molecule has 1 aromatic carbocycles. The van der Waals surface area contributed by atoms with Gasteiger partial charge in [-0.3, -0.25) is 12.9 Å². The first-order valence-electron chi connectivity index (χ1n) is 9.16. The lowest BCUT2D eigenvalue weighted by Gasteiger charge is -2.26. The van der Waals surface area contributed by atoms with E-state index in [4.69, 9.17) is 0 Å². The molecule has 1 fully saturated rings. The molecule has 2 aromatic rings. The smallest absolute Gasteiger partial charge is 0.762 e. The van der Waals surface area contributed by atoms with Gasteiger partial charge in [-0.15, -0.1) is 0 Å². The molecule has 2 aliphatic rings. The van der Waals surface area contributed by atoms with Crippen LogP contribution in [0.5, 0.6) is 0 Å². The second-order valence-corrected chi connectivity index (χ2v) is 7.05. The molecule has 0 saturated heterocycles. The van der Waals surface area contributed by atoms with E-state index in [1.165, 1.54) is 12.7 Å². The van der Waals surface area contributed by atoms with Crippen molar-refractivity contribution in [1.29, 1.82) is 0 Å². The van der Waals surface area contributed by atoms with Crippen molar-refractivity contribution in [2.75, 3.05) is 0 Å². The fourth-order valence-electron chi connectivity index (χ4n) is 4.14. The maximum absolute atomic E-state index is 14.0. The molecule has 2 heterocycles. The van der Waals surface area contributed by atoms with Gasteiger partial charge in [-0.25, -0.2) is 17.7 Å². The van der Waals surface area contributed by atoms with Crippen LogP contribution in [-0.4, -0.2) is 17.3 Å². The van der Waals surface area contributed by atoms with Crippen molar-refractivity contribution >= 4 is 7.54 Å². The first kappa shape index (κ1) is 24.1. The molecule has 1 aromatic heterocycles. The molecule has 0 spiro atoms. The normalized spacial score (nSPS) is 18.3. The zero-order valence-electron chi connectivity index (χ0n) is 15.5. The minimum Gasteiger partial charge on any atom is -1.00 e. The Morgan fingerprint density at radius 3 is 1.87 bits per heavy atom. The molecule has 3 nitrogen and oxygen atoms in total. The Balaban J connectivity index is 0.000000591. The molecule has 1 aliphatic heterocycles. The van der Waals surface area contributed by atoms with Gasteiger partial charge in [0.1, 0.15) is 0 Å². The van der Waals surface area contributed by atoms with Gasteiger partial charge >= 0.3 is 7.54 Å². The second kappa shape index (κ2) is 9.74. The fourth-order valence-corrected chi connectivity index (χ4v) is 4.14. The monoisotopic (exact) mass is 445 g/mol. The van der Waals surface area contributed by atoms with Crippen molar-refractivity contribution < 1.29 is 44.2 Å².